The van der Waals surface area contributed by atoms with Crippen LogP contribution in [0.5, 0.6) is 17.2 Å². The Morgan fingerprint density at radius 2 is 1.50 bits per heavy atom. The summed E-state index contributed by atoms with van der Waals surface area (Å²) in [5.74, 6) is 1.78. The first-order valence-electron chi connectivity index (χ1n) is 6.97. The van der Waals surface area contributed by atoms with Crippen LogP contribution >= 0.6 is 0 Å². The van der Waals surface area contributed by atoms with E-state index in [1.165, 1.54) is 6.42 Å². The molecule has 110 valence electrons. The molecule has 1 saturated carbocycles. The van der Waals surface area contributed by atoms with Crippen molar-refractivity contribution >= 4 is 6.29 Å². The lowest BCUT2D eigenvalue weighted by Gasteiger charge is -2.33. The maximum atomic E-state index is 11.7. The first-order chi connectivity index (χ1) is 9.70. The standard InChI is InChI=1S/C16H22O4/c1-18-13-9-12(10-14(19-2)15(13)20-3)16(11-17)7-5-4-6-8-16/h9-11H,4-8H2,1-3H3. The highest BCUT2D eigenvalue weighted by Crippen LogP contribution is 2.45. The highest BCUT2D eigenvalue weighted by Gasteiger charge is 2.35. The Hall–Kier alpha value is -1.71. The van der Waals surface area contributed by atoms with Gasteiger partial charge in [0.15, 0.2) is 11.5 Å². The molecule has 1 fully saturated rings. The molecule has 1 aromatic rings. The number of benzene rings is 1. The summed E-state index contributed by atoms with van der Waals surface area (Å²) in [6.07, 6.45) is 6.21. The average molecular weight is 278 g/mol. The molecule has 0 aromatic heterocycles. The molecule has 0 radical (unpaired) electrons. The molecule has 0 atom stereocenters. The number of methoxy groups -OCH3 is 3. The number of rotatable bonds is 5. The third-order valence-corrected chi connectivity index (χ3v) is 4.21. The quantitative estimate of drug-likeness (QED) is 0.776. The molecular formula is C16H22O4. The number of hydrogen-bond acceptors (Lipinski definition) is 4. The van der Waals surface area contributed by atoms with E-state index in [-0.39, 0.29) is 0 Å². The maximum absolute atomic E-state index is 11.7. The van der Waals surface area contributed by atoms with Gasteiger partial charge < -0.3 is 19.0 Å². The highest BCUT2D eigenvalue weighted by atomic mass is 16.5. The summed E-state index contributed by atoms with van der Waals surface area (Å²) in [6, 6.07) is 3.81. The third-order valence-electron chi connectivity index (χ3n) is 4.21. The average Bonchev–Trinajstić information content (AvgIpc) is 2.53. The zero-order valence-electron chi connectivity index (χ0n) is 12.4. The normalized spacial score (nSPS) is 17.4. The molecule has 4 nitrogen and oxygen atoms in total. The van der Waals surface area contributed by atoms with E-state index in [0.29, 0.717) is 17.2 Å². The molecular weight excluding hydrogens is 256 g/mol. The van der Waals surface area contributed by atoms with Gasteiger partial charge in [-0.25, -0.2) is 0 Å². The molecule has 0 unspecified atom stereocenters. The smallest absolute Gasteiger partial charge is 0.203 e. The van der Waals surface area contributed by atoms with E-state index in [1.54, 1.807) is 21.3 Å². The van der Waals surface area contributed by atoms with E-state index < -0.39 is 5.41 Å². The van der Waals surface area contributed by atoms with Gasteiger partial charge in [0.05, 0.1) is 26.7 Å². The van der Waals surface area contributed by atoms with Crippen molar-refractivity contribution in [1.82, 2.24) is 0 Å². The highest BCUT2D eigenvalue weighted by molar-refractivity contribution is 5.71. The zero-order valence-corrected chi connectivity index (χ0v) is 12.4. The predicted octanol–water partition coefficient (Wildman–Crippen LogP) is 3.11. The van der Waals surface area contributed by atoms with Crippen molar-refractivity contribution in [1.29, 1.82) is 0 Å². The van der Waals surface area contributed by atoms with E-state index in [1.807, 2.05) is 12.1 Å². The lowest BCUT2D eigenvalue weighted by Crippen LogP contribution is -2.30. The molecule has 0 aliphatic heterocycles. The van der Waals surface area contributed by atoms with Crippen molar-refractivity contribution in [3.8, 4) is 17.2 Å². The van der Waals surface area contributed by atoms with Gasteiger partial charge in [-0.3, -0.25) is 0 Å². The molecule has 1 aromatic carbocycles. The number of ether oxygens (including phenoxy) is 3. The van der Waals surface area contributed by atoms with E-state index in [9.17, 15) is 4.79 Å². The molecule has 0 heterocycles. The minimum atomic E-state index is -0.412. The molecule has 0 N–H and O–H groups in total. The molecule has 1 aliphatic rings. The predicted molar refractivity (Wildman–Crippen MR) is 76.9 cm³/mol. The van der Waals surface area contributed by atoms with Crippen LogP contribution < -0.4 is 14.2 Å². The van der Waals surface area contributed by atoms with Crippen molar-refractivity contribution in [2.75, 3.05) is 21.3 Å². The van der Waals surface area contributed by atoms with Crippen LogP contribution in [-0.4, -0.2) is 27.6 Å². The fourth-order valence-corrected chi connectivity index (χ4v) is 3.03. The van der Waals surface area contributed by atoms with Gasteiger partial charge in [0.2, 0.25) is 5.75 Å². The molecule has 20 heavy (non-hydrogen) atoms. The number of carbonyl (C=O) groups excluding carboxylic acids is 1. The summed E-state index contributed by atoms with van der Waals surface area (Å²) in [4.78, 5) is 11.7. The molecule has 0 bridgehead atoms. The number of carbonyl (C=O) groups is 1. The van der Waals surface area contributed by atoms with Crippen molar-refractivity contribution in [2.24, 2.45) is 0 Å². The van der Waals surface area contributed by atoms with Gasteiger partial charge in [-0.1, -0.05) is 19.3 Å². The molecule has 2 rings (SSSR count). The van der Waals surface area contributed by atoms with Crippen molar-refractivity contribution in [3.05, 3.63) is 17.7 Å². The van der Waals surface area contributed by atoms with Gasteiger partial charge in [-0.15, -0.1) is 0 Å². The van der Waals surface area contributed by atoms with Gasteiger partial charge in [0.1, 0.15) is 6.29 Å². The second-order valence-corrected chi connectivity index (χ2v) is 5.25. The van der Waals surface area contributed by atoms with Crippen molar-refractivity contribution in [3.63, 3.8) is 0 Å². The van der Waals surface area contributed by atoms with Gasteiger partial charge >= 0.3 is 0 Å². The lowest BCUT2D eigenvalue weighted by molar-refractivity contribution is -0.113. The van der Waals surface area contributed by atoms with Gasteiger partial charge in [-0.05, 0) is 30.5 Å². The Bertz CT molecular complexity index is 450. The number of hydrogen-bond donors (Lipinski definition) is 0. The summed E-state index contributed by atoms with van der Waals surface area (Å²) in [7, 11) is 4.77. The van der Waals surface area contributed by atoms with Crippen LogP contribution in [-0.2, 0) is 10.2 Å². The summed E-state index contributed by atoms with van der Waals surface area (Å²) >= 11 is 0. The largest absolute Gasteiger partial charge is 0.493 e. The van der Waals surface area contributed by atoms with Crippen LogP contribution in [0.3, 0.4) is 0 Å². The Kier molecular flexibility index (Phi) is 4.53. The molecule has 0 saturated heterocycles. The van der Waals surface area contributed by atoms with Crippen LogP contribution in [0.4, 0.5) is 0 Å². The minimum absolute atomic E-state index is 0.412. The summed E-state index contributed by atoms with van der Waals surface area (Å²) in [5.41, 5.74) is 0.548. The molecule has 0 amide bonds. The first kappa shape index (κ1) is 14.7. The second-order valence-electron chi connectivity index (χ2n) is 5.25. The summed E-state index contributed by atoms with van der Waals surface area (Å²) in [5, 5.41) is 0. The SMILES string of the molecule is COc1cc(C2(C=O)CCCCC2)cc(OC)c1OC. The zero-order chi connectivity index (χ0) is 14.6. The van der Waals surface area contributed by atoms with E-state index in [4.69, 9.17) is 14.2 Å². The van der Waals surface area contributed by atoms with Crippen LogP contribution in [0.25, 0.3) is 0 Å². The topological polar surface area (TPSA) is 44.8 Å². The van der Waals surface area contributed by atoms with E-state index in [2.05, 4.69) is 0 Å². The van der Waals surface area contributed by atoms with Crippen LogP contribution in [0.15, 0.2) is 12.1 Å². The van der Waals surface area contributed by atoms with Crippen LogP contribution in [0.1, 0.15) is 37.7 Å². The molecule has 4 heteroatoms. The van der Waals surface area contributed by atoms with Gasteiger partial charge in [-0.2, -0.15) is 0 Å². The van der Waals surface area contributed by atoms with E-state index in [0.717, 1.165) is 37.5 Å². The van der Waals surface area contributed by atoms with E-state index >= 15 is 0 Å². The Balaban J connectivity index is 2.53. The van der Waals surface area contributed by atoms with Gasteiger partial charge in [0.25, 0.3) is 0 Å². The Morgan fingerprint density at radius 1 is 0.950 bits per heavy atom. The third kappa shape index (κ3) is 2.47. The Morgan fingerprint density at radius 3 is 1.90 bits per heavy atom. The molecule has 0 spiro atoms. The maximum Gasteiger partial charge on any atom is 0.203 e. The molecule has 1 aliphatic carbocycles. The fraction of sp³-hybridized carbons (Fsp3) is 0.562. The number of aldehydes is 1. The second kappa shape index (κ2) is 6.16. The fourth-order valence-electron chi connectivity index (χ4n) is 3.03. The Labute approximate surface area is 120 Å². The first-order valence-corrected chi connectivity index (χ1v) is 6.97. The van der Waals surface area contributed by atoms with Crippen molar-refractivity contribution in [2.45, 2.75) is 37.5 Å². The summed E-state index contributed by atoms with van der Waals surface area (Å²) in [6.45, 7) is 0. The lowest BCUT2D eigenvalue weighted by atomic mass is 9.70. The van der Waals surface area contributed by atoms with Gasteiger partial charge in [0, 0.05) is 0 Å². The monoisotopic (exact) mass is 278 g/mol. The van der Waals surface area contributed by atoms with Crippen LogP contribution in [0, 0.1) is 0 Å². The van der Waals surface area contributed by atoms with Crippen LogP contribution in [0.2, 0.25) is 0 Å². The minimum Gasteiger partial charge on any atom is -0.493 e. The summed E-state index contributed by atoms with van der Waals surface area (Å²) < 4.78 is 16.1. The van der Waals surface area contributed by atoms with Crippen molar-refractivity contribution < 1.29 is 19.0 Å².